The fraction of sp³-hybridized carbons (Fsp3) is 1.00. The fourth-order valence-corrected chi connectivity index (χ4v) is 2.82. The average molecular weight is 138 g/mol. The second kappa shape index (κ2) is 1.99. The van der Waals surface area contributed by atoms with E-state index in [0.29, 0.717) is 0 Å². The highest BCUT2D eigenvalue weighted by atomic mass is 14.6. The van der Waals surface area contributed by atoms with Crippen LogP contribution in [0.1, 0.15) is 46.0 Å². The Morgan fingerprint density at radius 3 is 2.30 bits per heavy atom. The molecule has 10 heavy (non-hydrogen) atoms. The molecule has 1 spiro atoms. The van der Waals surface area contributed by atoms with Gasteiger partial charge in [0, 0.05) is 0 Å². The van der Waals surface area contributed by atoms with Gasteiger partial charge in [0.05, 0.1) is 0 Å². The van der Waals surface area contributed by atoms with Crippen molar-refractivity contribution in [2.75, 3.05) is 0 Å². The zero-order valence-corrected chi connectivity index (χ0v) is 7.19. The van der Waals surface area contributed by atoms with Gasteiger partial charge >= 0.3 is 0 Å². The summed E-state index contributed by atoms with van der Waals surface area (Å²) in [7, 11) is 0. The Hall–Kier alpha value is 0. The molecule has 1 atom stereocenters. The van der Waals surface area contributed by atoms with Gasteiger partial charge in [-0.2, -0.15) is 0 Å². The Morgan fingerprint density at radius 1 is 1.30 bits per heavy atom. The minimum absolute atomic E-state index is 0.903. The average Bonchev–Trinajstić information content (AvgIpc) is 2.41. The molecule has 0 N–H and O–H groups in total. The van der Waals surface area contributed by atoms with Crippen LogP contribution in [0.5, 0.6) is 0 Å². The van der Waals surface area contributed by atoms with Crippen LogP contribution in [0.2, 0.25) is 0 Å². The van der Waals surface area contributed by atoms with E-state index >= 15 is 0 Å². The summed E-state index contributed by atoms with van der Waals surface area (Å²) < 4.78 is 0. The lowest BCUT2D eigenvalue weighted by molar-refractivity contribution is 0.142. The van der Waals surface area contributed by atoms with E-state index in [0.717, 1.165) is 17.3 Å². The summed E-state index contributed by atoms with van der Waals surface area (Å²) in [5.74, 6) is 2.20. The molecule has 0 radical (unpaired) electrons. The fourth-order valence-electron chi connectivity index (χ4n) is 2.82. The topological polar surface area (TPSA) is 0 Å². The lowest BCUT2D eigenvalue weighted by atomic mass is 9.69. The molecule has 0 amide bonds. The third kappa shape index (κ3) is 0.810. The summed E-state index contributed by atoms with van der Waals surface area (Å²) >= 11 is 0. The Bertz CT molecular complexity index is 131. The second-order valence-corrected chi connectivity index (χ2v) is 4.53. The molecule has 0 aromatic carbocycles. The van der Waals surface area contributed by atoms with Gasteiger partial charge in [-0.1, -0.05) is 26.7 Å². The predicted octanol–water partition coefficient (Wildman–Crippen LogP) is 3.22. The quantitative estimate of drug-likeness (QED) is 0.549. The van der Waals surface area contributed by atoms with Gasteiger partial charge in [0.15, 0.2) is 0 Å². The van der Waals surface area contributed by atoms with Crippen molar-refractivity contribution >= 4 is 0 Å². The molecule has 0 heteroatoms. The molecule has 2 saturated carbocycles. The summed E-state index contributed by atoms with van der Waals surface area (Å²) in [6.45, 7) is 4.73. The molecule has 0 aromatic heterocycles. The molecule has 0 heterocycles. The zero-order valence-electron chi connectivity index (χ0n) is 7.19. The first kappa shape index (κ1) is 6.69. The second-order valence-electron chi connectivity index (χ2n) is 4.53. The standard InChI is InChI=1S/C10H18/c1-3-4-9-6-10(7-9)5-8(10)2/h8-9H,3-7H2,1-2H3. The summed E-state index contributed by atoms with van der Waals surface area (Å²) in [5, 5.41) is 0. The van der Waals surface area contributed by atoms with Gasteiger partial charge in [0.1, 0.15) is 0 Å². The smallest absolute Gasteiger partial charge is 0.0264 e. The van der Waals surface area contributed by atoms with E-state index in [1.807, 2.05) is 0 Å². The molecular formula is C10H18. The first-order valence-corrected chi connectivity index (χ1v) is 4.77. The van der Waals surface area contributed by atoms with Crippen molar-refractivity contribution in [1.82, 2.24) is 0 Å². The van der Waals surface area contributed by atoms with Crippen molar-refractivity contribution in [3.8, 4) is 0 Å². The first-order chi connectivity index (χ1) is 4.77. The monoisotopic (exact) mass is 138 g/mol. The Morgan fingerprint density at radius 2 is 1.90 bits per heavy atom. The summed E-state index contributed by atoms with van der Waals surface area (Å²) in [4.78, 5) is 0. The van der Waals surface area contributed by atoms with Crippen molar-refractivity contribution in [2.24, 2.45) is 17.3 Å². The molecule has 2 aliphatic rings. The van der Waals surface area contributed by atoms with Crippen molar-refractivity contribution in [3.05, 3.63) is 0 Å². The van der Waals surface area contributed by atoms with Crippen LogP contribution in [0.4, 0.5) is 0 Å². The molecule has 1 unspecified atom stereocenters. The van der Waals surface area contributed by atoms with Crippen molar-refractivity contribution in [3.63, 3.8) is 0 Å². The van der Waals surface area contributed by atoms with Gasteiger partial charge in [-0.25, -0.2) is 0 Å². The van der Waals surface area contributed by atoms with Crippen LogP contribution in [0, 0.1) is 17.3 Å². The van der Waals surface area contributed by atoms with E-state index in [1.54, 1.807) is 19.3 Å². The molecule has 0 aliphatic heterocycles. The Kier molecular flexibility index (Phi) is 1.33. The Labute approximate surface area is 64.0 Å². The highest BCUT2D eigenvalue weighted by molar-refractivity contribution is 5.08. The van der Waals surface area contributed by atoms with E-state index in [2.05, 4.69) is 13.8 Å². The van der Waals surface area contributed by atoms with Gasteiger partial charge in [0.2, 0.25) is 0 Å². The largest absolute Gasteiger partial charge is 0.0654 e. The van der Waals surface area contributed by atoms with Crippen molar-refractivity contribution in [2.45, 2.75) is 46.0 Å². The third-order valence-corrected chi connectivity index (χ3v) is 3.69. The Balaban J connectivity index is 1.74. The van der Waals surface area contributed by atoms with Gasteiger partial charge < -0.3 is 0 Å². The van der Waals surface area contributed by atoms with Crippen LogP contribution < -0.4 is 0 Å². The van der Waals surface area contributed by atoms with Gasteiger partial charge in [-0.3, -0.25) is 0 Å². The third-order valence-electron chi connectivity index (χ3n) is 3.69. The van der Waals surface area contributed by atoms with E-state index in [1.165, 1.54) is 12.8 Å². The molecule has 0 nitrogen and oxygen atoms in total. The summed E-state index contributed by atoms with van der Waals surface area (Å²) in [5.41, 5.74) is 0.903. The SMILES string of the molecule is CCCC1CC2(C1)CC2C. The molecule has 2 rings (SSSR count). The first-order valence-electron chi connectivity index (χ1n) is 4.77. The minimum Gasteiger partial charge on any atom is -0.0654 e. The van der Waals surface area contributed by atoms with Crippen LogP contribution in [0.3, 0.4) is 0 Å². The normalized spacial score (nSPS) is 51.0. The van der Waals surface area contributed by atoms with Crippen LogP contribution in [-0.4, -0.2) is 0 Å². The number of hydrogen-bond acceptors (Lipinski definition) is 0. The maximum Gasteiger partial charge on any atom is -0.0264 e. The van der Waals surface area contributed by atoms with Crippen LogP contribution in [0.15, 0.2) is 0 Å². The van der Waals surface area contributed by atoms with E-state index in [-0.39, 0.29) is 0 Å². The highest BCUT2D eigenvalue weighted by Crippen LogP contribution is 2.68. The van der Waals surface area contributed by atoms with Crippen LogP contribution >= 0.6 is 0 Å². The molecule has 0 saturated heterocycles. The molecule has 2 aliphatic carbocycles. The van der Waals surface area contributed by atoms with E-state index in [4.69, 9.17) is 0 Å². The molecule has 2 fully saturated rings. The maximum absolute atomic E-state index is 2.42. The van der Waals surface area contributed by atoms with Crippen molar-refractivity contribution < 1.29 is 0 Å². The summed E-state index contributed by atoms with van der Waals surface area (Å²) in [6.07, 6.45) is 7.58. The van der Waals surface area contributed by atoms with Crippen LogP contribution in [-0.2, 0) is 0 Å². The van der Waals surface area contributed by atoms with E-state index in [9.17, 15) is 0 Å². The maximum atomic E-state index is 2.42. The number of rotatable bonds is 2. The molecule has 0 aromatic rings. The zero-order chi connectivity index (χ0) is 7.19. The predicted molar refractivity (Wildman–Crippen MR) is 43.8 cm³/mol. The molecule has 58 valence electrons. The van der Waals surface area contributed by atoms with Crippen LogP contribution in [0.25, 0.3) is 0 Å². The molecule has 0 bridgehead atoms. The van der Waals surface area contributed by atoms with Crippen molar-refractivity contribution in [1.29, 1.82) is 0 Å². The van der Waals surface area contributed by atoms with Gasteiger partial charge in [-0.15, -0.1) is 0 Å². The minimum atomic E-state index is 0.903. The van der Waals surface area contributed by atoms with Gasteiger partial charge in [-0.05, 0) is 36.5 Å². The highest BCUT2D eigenvalue weighted by Gasteiger charge is 2.58. The molecular weight excluding hydrogens is 120 g/mol. The lowest BCUT2D eigenvalue weighted by Crippen LogP contribution is -2.26. The number of hydrogen-bond donors (Lipinski definition) is 0. The van der Waals surface area contributed by atoms with E-state index < -0.39 is 0 Å². The van der Waals surface area contributed by atoms with Gasteiger partial charge in [0.25, 0.3) is 0 Å². The summed E-state index contributed by atoms with van der Waals surface area (Å²) in [6, 6.07) is 0. The lowest BCUT2D eigenvalue weighted by Gasteiger charge is -2.36.